The third-order valence-electron chi connectivity index (χ3n) is 17.3. The molecule has 17 nitrogen and oxygen atoms in total. The molecule has 0 fully saturated rings. The number of aliphatic hydroxyl groups is 1. The molecule has 0 saturated heterocycles. The molecule has 0 rings (SSSR count). The van der Waals surface area contributed by atoms with Crippen LogP contribution >= 0.6 is 15.6 Å². The molecule has 0 spiro atoms. The van der Waals surface area contributed by atoms with Gasteiger partial charge in [0, 0.05) is 25.7 Å². The van der Waals surface area contributed by atoms with Gasteiger partial charge in [-0.1, -0.05) is 299 Å². The van der Waals surface area contributed by atoms with Gasteiger partial charge in [0.2, 0.25) is 0 Å². The minimum absolute atomic E-state index is 0.0219. The summed E-state index contributed by atoms with van der Waals surface area (Å²) in [4.78, 5) is 73.0. The van der Waals surface area contributed by atoms with E-state index in [0.29, 0.717) is 32.1 Å². The second-order valence-corrected chi connectivity index (χ2v) is 30.3. The molecule has 0 aliphatic heterocycles. The molecule has 19 heteroatoms. The van der Waals surface area contributed by atoms with E-state index < -0.39 is 97.5 Å². The third kappa shape index (κ3) is 74.5. The zero-order valence-corrected chi connectivity index (χ0v) is 66.6. The predicted octanol–water partition coefficient (Wildman–Crippen LogP) is 23.8. The van der Waals surface area contributed by atoms with Crippen molar-refractivity contribution >= 4 is 39.5 Å². The fourth-order valence-electron chi connectivity index (χ4n) is 11.1. The number of ether oxygens (including phenoxy) is 4. The quantitative estimate of drug-likeness (QED) is 0.0169. The van der Waals surface area contributed by atoms with Gasteiger partial charge < -0.3 is 33.8 Å². The summed E-state index contributed by atoms with van der Waals surface area (Å²) in [6, 6.07) is 0. The Hall–Kier alpha value is -3.76. The van der Waals surface area contributed by atoms with Crippen molar-refractivity contribution in [2.24, 2.45) is 0 Å². The van der Waals surface area contributed by atoms with Crippen LogP contribution in [0.2, 0.25) is 0 Å². The summed E-state index contributed by atoms with van der Waals surface area (Å²) in [5.41, 5.74) is 0. The first-order valence-corrected chi connectivity index (χ1v) is 43.8. The highest BCUT2D eigenvalue weighted by atomic mass is 31.2. The monoisotopic (exact) mass is 1480 g/mol. The fraction of sp³-hybridized carbons (Fsp3) is 0.783. The molecule has 102 heavy (non-hydrogen) atoms. The summed E-state index contributed by atoms with van der Waals surface area (Å²) in [5, 5.41) is 10.6. The number of aliphatic hydroxyl groups excluding tert-OH is 1. The normalized spacial score (nSPS) is 14.3. The molecule has 0 bridgehead atoms. The van der Waals surface area contributed by atoms with Gasteiger partial charge in [-0.3, -0.25) is 37.3 Å². The maximum Gasteiger partial charge on any atom is 0.472 e. The van der Waals surface area contributed by atoms with Crippen molar-refractivity contribution in [3.05, 3.63) is 85.1 Å². The van der Waals surface area contributed by atoms with Gasteiger partial charge in [-0.05, 0) is 122 Å². The van der Waals surface area contributed by atoms with E-state index in [4.69, 9.17) is 37.0 Å². The van der Waals surface area contributed by atoms with Crippen LogP contribution in [0.25, 0.3) is 0 Å². The SMILES string of the molecule is CCCCC/C=C\C/C=C\C/C=C\C/C=C\CCCC(=O)O[C@H](COC(=O)CCCCCCCCCCCCCCCCC)COP(=O)(O)OC[C@H](O)COP(=O)(O)OC[C@@H](COC(=O)CCCCCCC/C=C\CCCCCCCC)OC(=O)CCCCCCC/C=C\C/C=C\CCCCC. The lowest BCUT2D eigenvalue weighted by Gasteiger charge is -2.21. The molecule has 0 aliphatic carbocycles. The maximum atomic E-state index is 13.1. The van der Waals surface area contributed by atoms with Crippen LogP contribution in [0.15, 0.2) is 85.1 Å². The number of rotatable bonds is 77. The second-order valence-electron chi connectivity index (χ2n) is 27.4. The van der Waals surface area contributed by atoms with E-state index in [-0.39, 0.29) is 25.7 Å². The molecule has 0 amide bonds. The van der Waals surface area contributed by atoms with Crippen LogP contribution in [-0.4, -0.2) is 96.7 Å². The predicted molar refractivity (Wildman–Crippen MR) is 418 cm³/mol. The molecule has 592 valence electrons. The van der Waals surface area contributed by atoms with Crippen LogP contribution in [0, 0.1) is 0 Å². The number of carbonyl (C=O) groups is 4. The summed E-state index contributed by atoms with van der Waals surface area (Å²) < 4.78 is 68.6. The average molecular weight is 1480 g/mol. The Morgan fingerprint density at radius 3 is 0.804 bits per heavy atom. The number of carbonyl (C=O) groups excluding carboxylic acids is 4. The van der Waals surface area contributed by atoms with Crippen LogP contribution in [0.5, 0.6) is 0 Å². The zero-order valence-electron chi connectivity index (χ0n) is 64.8. The molecular weight excluding hydrogens is 1330 g/mol. The molecule has 5 atom stereocenters. The summed E-state index contributed by atoms with van der Waals surface area (Å²) in [7, 11) is -9.97. The fourth-order valence-corrected chi connectivity index (χ4v) is 12.6. The lowest BCUT2D eigenvalue weighted by molar-refractivity contribution is -0.161. The third-order valence-corrected chi connectivity index (χ3v) is 19.2. The van der Waals surface area contributed by atoms with Crippen LogP contribution < -0.4 is 0 Å². The van der Waals surface area contributed by atoms with Crippen molar-refractivity contribution in [1.82, 2.24) is 0 Å². The minimum Gasteiger partial charge on any atom is -0.462 e. The zero-order chi connectivity index (χ0) is 74.6. The molecular formula is C83H148O17P2. The second kappa shape index (κ2) is 75.5. The Kier molecular flexibility index (Phi) is 72.7. The van der Waals surface area contributed by atoms with E-state index in [2.05, 4.69) is 101 Å². The van der Waals surface area contributed by atoms with Crippen molar-refractivity contribution in [3.63, 3.8) is 0 Å². The smallest absolute Gasteiger partial charge is 0.462 e. The summed E-state index contributed by atoms with van der Waals surface area (Å²) in [5.74, 6) is -2.24. The number of unbranched alkanes of at least 4 members (excludes halogenated alkanes) is 37. The topological polar surface area (TPSA) is 237 Å². The lowest BCUT2D eigenvalue weighted by atomic mass is 10.0. The molecule has 0 saturated carbocycles. The molecule has 0 aromatic rings. The standard InChI is InChI=1S/C83H148O17P2/c1-5-9-13-17-21-25-29-33-37-38-42-46-50-54-58-62-66-70-83(88)100-79(74-94-81(86)68-64-60-56-52-48-44-40-35-31-27-23-19-15-11-7-3)76-98-102(91,92)96-72-77(84)71-95-101(89,90)97-75-78(99-82(87)69-65-61-57-53-49-45-41-36-32-28-24-20-16-12-8-4)73-93-80(85)67-63-59-55-51-47-43-39-34-30-26-22-18-14-10-6-2/h21,24-25,28,33-34,36-37,39,41-42,46,54,58,77-79,84H,5-20,22-23,26-27,29-32,35,38,40,43-45,47-53,55-57,59-76H2,1-4H3,(H,89,90)(H,91,92)/b25-21-,28-24-,37-33-,39-34-,41-36-,46-42-,58-54-/t77-,78-,79-/m1/s1. The van der Waals surface area contributed by atoms with Gasteiger partial charge in [0.15, 0.2) is 12.2 Å². The summed E-state index contributed by atoms with van der Waals surface area (Å²) in [6.07, 6.45) is 78.5. The number of hydrogen-bond acceptors (Lipinski definition) is 15. The Labute approximate surface area is 621 Å². The first-order valence-electron chi connectivity index (χ1n) is 40.8. The first kappa shape index (κ1) is 98.2. The molecule has 0 aliphatic rings. The van der Waals surface area contributed by atoms with Crippen molar-refractivity contribution in [1.29, 1.82) is 0 Å². The lowest BCUT2D eigenvalue weighted by Crippen LogP contribution is -2.30. The van der Waals surface area contributed by atoms with Crippen molar-refractivity contribution in [2.75, 3.05) is 39.6 Å². The number of hydrogen-bond donors (Lipinski definition) is 3. The molecule has 0 heterocycles. The minimum atomic E-state index is -4.99. The Balaban J connectivity index is 5.41. The summed E-state index contributed by atoms with van der Waals surface area (Å²) in [6.45, 7) is 4.79. The highest BCUT2D eigenvalue weighted by Crippen LogP contribution is 2.45. The van der Waals surface area contributed by atoms with Gasteiger partial charge in [-0.25, -0.2) is 9.13 Å². The van der Waals surface area contributed by atoms with E-state index in [1.807, 2.05) is 12.2 Å². The number of phosphoric acid groups is 2. The Bertz CT molecular complexity index is 2260. The molecule has 0 radical (unpaired) electrons. The average Bonchev–Trinajstić information content (AvgIpc) is 0.917. The van der Waals surface area contributed by atoms with Gasteiger partial charge in [0.1, 0.15) is 19.3 Å². The number of esters is 4. The molecule has 0 aromatic carbocycles. The maximum absolute atomic E-state index is 13.1. The van der Waals surface area contributed by atoms with Crippen molar-refractivity contribution < 1.29 is 80.2 Å². The van der Waals surface area contributed by atoms with Crippen LogP contribution in [0.3, 0.4) is 0 Å². The van der Waals surface area contributed by atoms with Gasteiger partial charge in [-0.15, -0.1) is 0 Å². The largest absolute Gasteiger partial charge is 0.472 e. The van der Waals surface area contributed by atoms with Crippen LogP contribution in [-0.2, 0) is 65.4 Å². The number of phosphoric ester groups is 2. The van der Waals surface area contributed by atoms with Crippen LogP contribution in [0.4, 0.5) is 0 Å². The van der Waals surface area contributed by atoms with Gasteiger partial charge in [-0.2, -0.15) is 0 Å². The van der Waals surface area contributed by atoms with Crippen molar-refractivity contribution in [2.45, 2.75) is 380 Å². The van der Waals surface area contributed by atoms with Crippen molar-refractivity contribution in [3.8, 4) is 0 Å². The van der Waals surface area contributed by atoms with Gasteiger partial charge in [0.25, 0.3) is 0 Å². The Morgan fingerprint density at radius 2 is 0.490 bits per heavy atom. The highest BCUT2D eigenvalue weighted by Gasteiger charge is 2.30. The van der Waals surface area contributed by atoms with E-state index >= 15 is 0 Å². The Morgan fingerprint density at radius 1 is 0.275 bits per heavy atom. The van der Waals surface area contributed by atoms with Crippen LogP contribution in [0.1, 0.15) is 362 Å². The summed E-state index contributed by atoms with van der Waals surface area (Å²) >= 11 is 0. The molecule has 2 unspecified atom stereocenters. The molecule has 3 N–H and O–H groups in total. The van der Waals surface area contributed by atoms with E-state index in [1.54, 1.807) is 0 Å². The highest BCUT2D eigenvalue weighted by molar-refractivity contribution is 7.47. The van der Waals surface area contributed by atoms with E-state index in [1.165, 1.54) is 148 Å². The number of allylic oxidation sites excluding steroid dienone is 14. The first-order chi connectivity index (χ1) is 49.7. The van der Waals surface area contributed by atoms with Gasteiger partial charge >= 0.3 is 39.5 Å². The van der Waals surface area contributed by atoms with E-state index in [0.717, 1.165) is 128 Å². The van der Waals surface area contributed by atoms with E-state index in [9.17, 15) is 43.2 Å². The van der Waals surface area contributed by atoms with Gasteiger partial charge in [0.05, 0.1) is 26.4 Å². The molecule has 0 aromatic heterocycles.